The lowest BCUT2D eigenvalue weighted by molar-refractivity contribution is -0.137. The van der Waals surface area contributed by atoms with Gasteiger partial charge in [0, 0.05) is 32.2 Å². The Hall–Kier alpha value is -2.60. The molecule has 3 heterocycles. The van der Waals surface area contributed by atoms with Crippen molar-refractivity contribution in [3.63, 3.8) is 0 Å². The normalized spacial score (nSPS) is 16.9. The van der Waals surface area contributed by atoms with Gasteiger partial charge in [0.25, 0.3) is 0 Å². The number of carbonyl (C=O) groups excluding carboxylic acids is 1. The molecule has 0 radical (unpaired) electrons. The van der Waals surface area contributed by atoms with Crippen molar-refractivity contribution in [2.24, 2.45) is 5.92 Å². The minimum Gasteiger partial charge on any atom is -0.497 e. The van der Waals surface area contributed by atoms with E-state index in [4.69, 9.17) is 9.72 Å². The van der Waals surface area contributed by atoms with Crippen molar-refractivity contribution in [1.82, 2.24) is 9.88 Å². The van der Waals surface area contributed by atoms with E-state index in [0.717, 1.165) is 53.7 Å². The summed E-state index contributed by atoms with van der Waals surface area (Å²) >= 11 is 1.67. The molecule has 138 valence electrons. The van der Waals surface area contributed by atoms with Gasteiger partial charge in [-0.3, -0.25) is 4.79 Å². The first-order valence-corrected chi connectivity index (χ1v) is 10.1. The van der Waals surface area contributed by atoms with Crippen LogP contribution in [-0.2, 0) is 17.8 Å². The zero-order chi connectivity index (χ0) is 18.4. The van der Waals surface area contributed by atoms with Crippen LogP contribution < -0.4 is 9.64 Å². The van der Waals surface area contributed by atoms with Gasteiger partial charge in [0.15, 0.2) is 5.13 Å². The van der Waals surface area contributed by atoms with E-state index < -0.39 is 0 Å². The zero-order valence-corrected chi connectivity index (χ0v) is 16.0. The van der Waals surface area contributed by atoms with Crippen LogP contribution in [0.5, 0.6) is 5.75 Å². The number of anilines is 1. The van der Waals surface area contributed by atoms with Gasteiger partial charge in [-0.05, 0) is 29.7 Å². The van der Waals surface area contributed by atoms with Crippen molar-refractivity contribution in [2.75, 3.05) is 31.6 Å². The molecule has 5 nitrogen and oxygen atoms in total. The van der Waals surface area contributed by atoms with E-state index in [-0.39, 0.29) is 11.8 Å². The summed E-state index contributed by atoms with van der Waals surface area (Å²) in [6, 6.07) is 14.4. The second kappa shape index (κ2) is 6.53. The van der Waals surface area contributed by atoms with Gasteiger partial charge in [0.1, 0.15) is 5.75 Å². The van der Waals surface area contributed by atoms with Crippen LogP contribution in [0.2, 0.25) is 0 Å². The highest BCUT2D eigenvalue weighted by Gasteiger charge is 2.37. The van der Waals surface area contributed by atoms with E-state index in [1.165, 1.54) is 11.1 Å². The standard InChI is InChI=1S/C21H21N3O2S/c1-26-17-6-7-19-18(10-17)22-21(27-19)24-12-16(13-24)20(25)23-9-8-14-4-2-3-5-15(14)11-23/h2-7,10,16H,8-9,11-13H2,1H3. The fourth-order valence-electron chi connectivity index (χ4n) is 3.89. The average Bonchev–Trinajstić information content (AvgIpc) is 3.08. The molecule has 0 spiro atoms. The summed E-state index contributed by atoms with van der Waals surface area (Å²) in [6.07, 6.45) is 0.956. The Bertz CT molecular complexity index is 1010. The van der Waals surface area contributed by atoms with E-state index in [1.54, 1.807) is 18.4 Å². The Morgan fingerprint density at radius 1 is 1.19 bits per heavy atom. The number of hydrogen-bond donors (Lipinski definition) is 0. The number of hydrogen-bond acceptors (Lipinski definition) is 5. The minimum atomic E-state index is 0.0804. The lowest BCUT2D eigenvalue weighted by Crippen LogP contribution is -2.55. The molecule has 0 saturated carbocycles. The molecular formula is C21H21N3O2S. The highest BCUT2D eigenvalue weighted by molar-refractivity contribution is 7.22. The maximum Gasteiger partial charge on any atom is 0.229 e. The van der Waals surface area contributed by atoms with Gasteiger partial charge >= 0.3 is 0 Å². The van der Waals surface area contributed by atoms with Crippen molar-refractivity contribution < 1.29 is 9.53 Å². The lowest BCUT2D eigenvalue weighted by atomic mass is 9.95. The number of nitrogens with zero attached hydrogens (tertiary/aromatic N) is 3. The Labute approximate surface area is 162 Å². The van der Waals surface area contributed by atoms with Crippen LogP contribution in [0.4, 0.5) is 5.13 Å². The molecule has 0 N–H and O–H groups in total. The maximum absolute atomic E-state index is 12.9. The highest BCUT2D eigenvalue weighted by atomic mass is 32.1. The van der Waals surface area contributed by atoms with Crippen molar-refractivity contribution in [3.05, 3.63) is 53.6 Å². The molecule has 6 heteroatoms. The smallest absolute Gasteiger partial charge is 0.229 e. The zero-order valence-electron chi connectivity index (χ0n) is 15.2. The van der Waals surface area contributed by atoms with Crippen molar-refractivity contribution >= 4 is 32.6 Å². The van der Waals surface area contributed by atoms with Crippen LogP contribution in [0.25, 0.3) is 10.2 Å². The molecule has 1 fully saturated rings. The Balaban J connectivity index is 1.25. The number of methoxy groups -OCH3 is 1. The van der Waals surface area contributed by atoms with Gasteiger partial charge in [0.05, 0.1) is 23.2 Å². The van der Waals surface area contributed by atoms with Gasteiger partial charge in [-0.2, -0.15) is 0 Å². The van der Waals surface area contributed by atoms with Gasteiger partial charge in [-0.25, -0.2) is 4.98 Å². The molecule has 27 heavy (non-hydrogen) atoms. The van der Waals surface area contributed by atoms with Gasteiger partial charge in [0.2, 0.25) is 5.91 Å². The molecule has 5 rings (SSSR count). The first kappa shape index (κ1) is 16.6. The third-order valence-electron chi connectivity index (χ3n) is 5.53. The summed E-state index contributed by atoms with van der Waals surface area (Å²) in [5.41, 5.74) is 3.62. The summed E-state index contributed by atoms with van der Waals surface area (Å²) in [5.74, 6) is 1.18. The molecule has 0 bridgehead atoms. The Morgan fingerprint density at radius 2 is 2.00 bits per heavy atom. The summed E-state index contributed by atoms with van der Waals surface area (Å²) in [6.45, 7) is 3.08. The predicted molar refractivity (Wildman–Crippen MR) is 107 cm³/mol. The van der Waals surface area contributed by atoms with Crippen LogP contribution in [0.3, 0.4) is 0 Å². The number of rotatable bonds is 3. The second-order valence-electron chi connectivity index (χ2n) is 7.21. The number of benzene rings is 2. The quantitative estimate of drug-likeness (QED) is 0.700. The highest BCUT2D eigenvalue weighted by Crippen LogP contribution is 2.35. The number of ether oxygens (including phenoxy) is 1. The first-order chi connectivity index (χ1) is 13.2. The van der Waals surface area contributed by atoms with Gasteiger partial charge in [-0.15, -0.1) is 0 Å². The summed E-state index contributed by atoms with van der Waals surface area (Å²) in [4.78, 5) is 21.8. The number of fused-ring (bicyclic) bond motifs is 2. The fraction of sp³-hybridized carbons (Fsp3) is 0.333. The lowest BCUT2D eigenvalue weighted by Gasteiger charge is -2.41. The number of amides is 1. The summed E-state index contributed by atoms with van der Waals surface area (Å²) in [7, 11) is 1.67. The van der Waals surface area contributed by atoms with E-state index in [9.17, 15) is 4.79 Å². The molecule has 2 aliphatic rings. The Morgan fingerprint density at radius 3 is 2.81 bits per heavy atom. The van der Waals surface area contributed by atoms with Gasteiger partial charge in [-0.1, -0.05) is 35.6 Å². The molecule has 3 aromatic rings. The van der Waals surface area contributed by atoms with Crippen LogP contribution in [0.15, 0.2) is 42.5 Å². The molecule has 2 aliphatic heterocycles. The summed E-state index contributed by atoms with van der Waals surface area (Å²) < 4.78 is 6.42. The van der Waals surface area contributed by atoms with Crippen LogP contribution in [-0.4, -0.2) is 42.5 Å². The molecule has 1 aromatic heterocycles. The van der Waals surface area contributed by atoms with Crippen LogP contribution in [0, 0.1) is 5.92 Å². The number of thiazole rings is 1. The van der Waals surface area contributed by atoms with E-state index >= 15 is 0 Å². The van der Waals surface area contributed by atoms with Crippen molar-refractivity contribution in [2.45, 2.75) is 13.0 Å². The van der Waals surface area contributed by atoms with E-state index in [2.05, 4.69) is 29.2 Å². The monoisotopic (exact) mass is 379 g/mol. The molecule has 1 amide bonds. The molecule has 1 saturated heterocycles. The van der Waals surface area contributed by atoms with Crippen LogP contribution in [0.1, 0.15) is 11.1 Å². The fourth-order valence-corrected chi connectivity index (χ4v) is 4.85. The number of aromatic nitrogens is 1. The largest absolute Gasteiger partial charge is 0.497 e. The maximum atomic E-state index is 12.9. The van der Waals surface area contributed by atoms with Crippen molar-refractivity contribution in [1.29, 1.82) is 0 Å². The molecule has 0 unspecified atom stereocenters. The van der Waals surface area contributed by atoms with Crippen LogP contribution >= 0.6 is 11.3 Å². The second-order valence-corrected chi connectivity index (χ2v) is 8.22. The molecular weight excluding hydrogens is 358 g/mol. The molecule has 2 aromatic carbocycles. The molecule has 0 atom stereocenters. The van der Waals surface area contributed by atoms with E-state index in [0.29, 0.717) is 0 Å². The Kier molecular flexibility index (Phi) is 4.01. The number of carbonyl (C=O) groups is 1. The topological polar surface area (TPSA) is 45.7 Å². The minimum absolute atomic E-state index is 0.0804. The SMILES string of the molecule is COc1ccc2sc(N3CC(C(=O)N4CCc5ccccc5C4)C3)nc2c1. The first-order valence-electron chi connectivity index (χ1n) is 9.26. The van der Waals surface area contributed by atoms with Crippen molar-refractivity contribution in [3.8, 4) is 5.75 Å². The van der Waals surface area contributed by atoms with Gasteiger partial charge < -0.3 is 14.5 Å². The third kappa shape index (κ3) is 2.94. The molecule has 0 aliphatic carbocycles. The summed E-state index contributed by atoms with van der Waals surface area (Å²) in [5, 5.41) is 0.992. The van der Waals surface area contributed by atoms with E-state index in [1.807, 2.05) is 23.1 Å². The predicted octanol–water partition coefficient (Wildman–Crippen LogP) is 3.33. The average molecular weight is 379 g/mol. The third-order valence-corrected chi connectivity index (χ3v) is 6.62.